The second-order valence-electron chi connectivity index (χ2n) is 4.73. The molecule has 8 heteroatoms. The van der Waals surface area contributed by atoms with E-state index in [0.29, 0.717) is 12.9 Å². The highest BCUT2D eigenvalue weighted by Gasteiger charge is 2.32. The number of carbonyl (C=O) groups is 1. The SMILES string of the molecule is O=C(O)c1ccc(C(F)(F)F)cc1N1[B]CCCCCO1. The van der Waals surface area contributed by atoms with Crippen molar-refractivity contribution < 1.29 is 27.9 Å². The first-order chi connectivity index (χ1) is 9.89. The van der Waals surface area contributed by atoms with Crippen molar-refractivity contribution in [2.24, 2.45) is 0 Å². The van der Waals surface area contributed by atoms with E-state index in [2.05, 4.69) is 0 Å². The average molecular weight is 300 g/mol. The summed E-state index contributed by atoms with van der Waals surface area (Å²) in [6, 6.07) is 2.52. The smallest absolute Gasteiger partial charge is 0.416 e. The Balaban J connectivity index is 2.39. The van der Waals surface area contributed by atoms with Crippen LogP contribution >= 0.6 is 0 Å². The molecule has 0 saturated carbocycles. The van der Waals surface area contributed by atoms with Gasteiger partial charge in [0.1, 0.15) is 0 Å². The number of nitrogens with zero attached hydrogens (tertiary/aromatic N) is 1. The van der Waals surface area contributed by atoms with Gasteiger partial charge in [0.15, 0.2) is 0 Å². The molecule has 1 radical (unpaired) electrons. The van der Waals surface area contributed by atoms with E-state index in [1.54, 1.807) is 7.41 Å². The standard InChI is InChI=1S/C13H14BF3NO3/c15-13(16,17)9-4-5-10(12(19)20)11(8-9)18-14-6-2-1-3-7-21-18/h4-5,8H,1-3,6-7H2,(H,19,20). The predicted molar refractivity (Wildman–Crippen MR) is 71.2 cm³/mol. The van der Waals surface area contributed by atoms with Gasteiger partial charge in [-0.2, -0.15) is 13.2 Å². The number of carboxylic acid groups (broad SMARTS) is 1. The van der Waals surface area contributed by atoms with Gasteiger partial charge in [0.25, 0.3) is 7.41 Å². The van der Waals surface area contributed by atoms with Crippen molar-refractivity contribution in [2.75, 3.05) is 11.6 Å². The average Bonchev–Trinajstić information content (AvgIpc) is 2.36. The number of hydrogen-bond donors (Lipinski definition) is 1. The quantitative estimate of drug-likeness (QED) is 0.851. The van der Waals surface area contributed by atoms with Crippen LogP contribution in [0.2, 0.25) is 6.32 Å². The maximum atomic E-state index is 12.8. The van der Waals surface area contributed by atoms with Crippen LogP contribution < -0.4 is 4.97 Å². The molecule has 1 saturated heterocycles. The van der Waals surface area contributed by atoms with Crippen LogP contribution in [-0.4, -0.2) is 25.1 Å². The van der Waals surface area contributed by atoms with Gasteiger partial charge in [0.05, 0.1) is 23.4 Å². The van der Waals surface area contributed by atoms with Crippen molar-refractivity contribution in [3.8, 4) is 0 Å². The van der Waals surface area contributed by atoms with Gasteiger partial charge in [-0.1, -0.05) is 19.2 Å². The van der Waals surface area contributed by atoms with Crippen molar-refractivity contribution in [3.05, 3.63) is 29.3 Å². The second-order valence-corrected chi connectivity index (χ2v) is 4.73. The van der Waals surface area contributed by atoms with E-state index in [1.807, 2.05) is 0 Å². The third kappa shape index (κ3) is 3.90. The molecular formula is C13H14BF3NO3. The minimum atomic E-state index is -4.53. The Morgan fingerprint density at radius 3 is 2.71 bits per heavy atom. The molecule has 0 spiro atoms. The number of hydrogen-bond acceptors (Lipinski definition) is 3. The van der Waals surface area contributed by atoms with Gasteiger partial charge in [-0.25, -0.2) is 4.79 Å². The van der Waals surface area contributed by atoms with Crippen LogP contribution in [0.4, 0.5) is 18.9 Å². The van der Waals surface area contributed by atoms with Crippen LogP contribution in [-0.2, 0) is 11.0 Å². The van der Waals surface area contributed by atoms with Gasteiger partial charge >= 0.3 is 12.1 Å². The number of aromatic carboxylic acids is 1. The fraction of sp³-hybridized carbons (Fsp3) is 0.462. The lowest BCUT2D eigenvalue weighted by Crippen LogP contribution is -2.31. The maximum absolute atomic E-state index is 12.8. The Hall–Kier alpha value is -1.70. The molecule has 2 rings (SSSR count). The minimum absolute atomic E-state index is 0.0979. The van der Waals surface area contributed by atoms with Crippen molar-refractivity contribution >= 4 is 19.1 Å². The Labute approximate surface area is 120 Å². The summed E-state index contributed by atoms with van der Waals surface area (Å²) >= 11 is 0. The molecule has 1 aromatic rings. The van der Waals surface area contributed by atoms with Gasteiger partial charge in [0, 0.05) is 0 Å². The van der Waals surface area contributed by atoms with Crippen LogP contribution in [0.15, 0.2) is 18.2 Å². The van der Waals surface area contributed by atoms with Gasteiger partial charge in [-0.05, 0) is 24.6 Å². The van der Waals surface area contributed by atoms with E-state index in [4.69, 9.17) is 9.94 Å². The molecule has 4 nitrogen and oxygen atoms in total. The first-order valence-corrected chi connectivity index (χ1v) is 6.59. The molecule has 1 fully saturated rings. The fourth-order valence-electron chi connectivity index (χ4n) is 2.09. The van der Waals surface area contributed by atoms with Crippen molar-refractivity contribution in [3.63, 3.8) is 0 Å². The monoisotopic (exact) mass is 300 g/mol. The molecule has 1 heterocycles. The van der Waals surface area contributed by atoms with Crippen molar-refractivity contribution in [1.82, 2.24) is 0 Å². The van der Waals surface area contributed by atoms with Gasteiger partial charge in [-0.15, -0.1) is 0 Å². The highest BCUT2D eigenvalue weighted by atomic mass is 19.4. The molecule has 0 aromatic heterocycles. The van der Waals surface area contributed by atoms with Crippen LogP contribution in [0.1, 0.15) is 35.2 Å². The zero-order chi connectivity index (χ0) is 15.5. The maximum Gasteiger partial charge on any atom is 0.416 e. The largest absolute Gasteiger partial charge is 0.478 e. The highest BCUT2D eigenvalue weighted by molar-refractivity contribution is 6.40. The van der Waals surface area contributed by atoms with Gasteiger partial charge < -0.3 is 10.1 Å². The van der Waals surface area contributed by atoms with Gasteiger partial charge in [0.2, 0.25) is 0 Å². The van der Waals surface area contributed by atoms with Crippen LogP contribution in [0.25, 0.3) is 0 Å². The molecule has 0 unspecified atom stereocenters. The molecule has 113 valence electrons. The molecule has 21 heavy (non-hydrogen) atoms. The van der Waals surface area contributed by atoms with Crippen molar-refractivity contribution in [1.29, 1.82) is 0 Å². The molecule has 1 N–H and O–H groups in total. The van der Waals surface area contributed by atoms with E-state index in [1.165, 1.54) is 0 Å². The zero-order valence-electron chi connectivity index (χ0n) is 11.2. The molecule has 1 aliphatic rings. The van der Waals surface area contributed by atoms with Gasteiger partial charge in [-0.3, -0.25) is 4.84 Å². The van der Waals surface area contributed by atoms with E-state index in [0.717, 1.165) is 42.4 Å². The molecular weight excluding hydrogens is 286 g/mol. The zero-order valence-corrected chi connectivity index (χ0v) is 11.2. The number of alkyl halides is 3. The summed E-state index contributed by atoms with van der Waals surface area (Å²) in [5.41, 5.74) is -1.22. The lowest BCUT2D eigenvalue weighted by atomic mass is 9.83. The molecule has 1 aliphatic heterocycles. The fourth-order valence-corrected chi connectivity index (χ4v) is 2.09. The van der Waals surface area contributed by atoms with Crippen LogP contribution in [0, 0.1) is 0 Å². The summed E-state index contributed by atoms with van der Waals surface area (Å²) in [7, 11) is 1.58. The van der Waals surface area contributed by atoms with E-state index in [9.17, 15) is 18.0 Å². The van der Waals surface area contributed by atoms with E-state index < -0.39 is 17.7 Å². The van der Waals surface area contributed by atoms with Crippen LogP contribution in [0.3, 0.4) is 0 Å². The molecule has 0 bridgehead atoms. The summed E-state index contributed by atoms with van der Waals surface area (Å²) in [5.74, 6) is -1.29. The molecule has 0 aliphatic carbocycles. The number of carboxylic acids is 1. The molecule has 0 atom stereocenters. The van der Waals surface area contributed by atoms with E-state index in [-0.39, 0.29) is 11.3 Å². The first-order valence-electron chi connectivity index (χ1n) is 6.59. The summed E-state index contributed by atoms with van der Waals surface area (Å²) in [4.78, 5) is 17.7. The normalized spacial score (nSPS) is 16.8. The third-order valence-electron chi connectivity index (χ3n) is 3.17. The van der Waals surface area contributed by atoms with E-state index >= 15 is 0 Å². The number of rotatable bonds is 2. The number of benzene rings is 1. The Kier molecular flexibility index (Phi) is 4.77. The van der Waals surface area contributed by atoms with Crippen LogP contribution in [0.5, 0.6) is 0 Å². The number of halogens is 3. The lowest BCUT2D eigenvalue weighted by molar-refractivity contribution is -0.137. The number of anilines is 1. The molecule has 1 aromatic carbocycles. The Morgan fingerprint density at radius 2 is 2.05 bits per heavy atom. The Morgan fingerprint density at radius 1 is 1.29 bits per heavy atom. The minimum Gasteiger partial charge on any atom is -0.478 e. The Bertz CT molecular complexity index is 514. The summed E-state index contributed by atoms with van der Waals surface area (Å²) in [6.45, 7) is 0.339. The summed E-state index contributed by atoms with van der Waals surface area (Å²) < 4.78 is 38.4. The topological polar surface area (TPSA) is 49.8 Å². The molecule has 0 amide bonds. The third-order valence-corrected chi connectivity index (χ3v) is 3.17. The summed E-state index contributed by atoms with van der Waals surface area (Å²) in [6.07, 6.45) is -1.27. The predicted octanol–water partition coefficient (Wildman–Crippen LogP) is 3.36. The highest BCUT2D eigenvalue weighted by Crippen LogP contribution is 2.34. The summed E-state index contributed by atoms with van der Waals surface area (Å²) in [5, 5.41) is 9.14. The van der Waals surface area contributed by atoms with Crippen molar-refractivity contribution in [2.45, 2.75) is 31.8 Å². The lowest BCUT2D eigenvalue weighted by Gasteiger charge is -2.27. The first kappa shape index (κ1) is 15.7. The second kappa shape index (κ2) is 6.38.